The lowest BCUT2D eigenvalue weighted by atomic mass is 9.90. The van der Waals surface area contributed by atoms with E-state index in [2.05, 4.69) is 24.3 Å². The van der Waals surface area contributed by atoms with Crippen molar-refractivity contribution in [2.24, 2.45) is 5.73 Å². The van der Waals surface area contributed by atoms with E-state index >= 15 is 0 Å². The van der Waals surface area contributed by atoms with Crippen LogP contribution in [-0.2, 0) is 22.6 Å². The van der Waals surface area contributed by atoms with E-state index in [4.69, 9.17) is 10.5 Å². The Morgan fingerprint density at radius 1 is 0.926 bits per heavy atom. The number of rotatable bonds is 8. The minimum absolute atomic E-state index is 0.152. The van der Waals surface area contributed by atoms with Crippen molar-refractivity contribution in [3.8, 4) is 0 Å². The molecule has 0 aliphatic carbocycles. The van der Waals surface area contributed by atoms with Crippen LogP contribution in [0.25, 0.3) is 10.8 Å². The monoisotopic (exact) mass is 361 g/mol. The molecule has 0 spiro atoms. The molecular weight excluding hydrogens is 334 g/mol. The van der Waals surface area contributed by atoms with E-state index < -0.39 is 0 Å². The first-order valence-corrected chi connectivity index (χ1v) is 9.47. The molecule has 3 nitrogen and oxygen atoms in total. The molecule has 3 aromatic carbocycles. The molecular formula is C24H27NO2. The van der Waals surface area contributed by atoms with Gasteiger partial charge in [-0.3, -0.25) is 4.79 Å². The van der Waals surface area contributed by atoms with Gasteiger partial charge in [0.25, 0.3) is 0 Å². The Bertz CT molecular complexity index is 900. The third-order valence-electron chi connectivity index (χ3n) is 4.78. The maximum absolute atomic E-state index is 12.9. The molecule has 3 aromatic rings. The van der Waals surface area contributed by atoms with Gasteiger partial charge in [-0.15, -0.1) is 0 Å². The van der Waals surface area contributed by atoms with Crippen LogP contribution in [0.4, 0.5) is 0 Å². The van der Waals surface area contributed by atoms with Crippen molar-refractivity contribution < 1.29 is 9.53 Å². The molecule has 0 fully saturated rings. The van der Waals surface area contributed by atoms with Crippen LogP contribution >= 0.6 is 0 Å². The van der Waals surface area contributed by atoms with Crippen LogP contribution in [0.5, 0.6) is 0 Å². The Morgan fingerprint density at radius 2 is 1.59 bits per heavy atom. The molecule has 2 N–H and O–H groups in total. The molecule has 0 saturated carbocycles. The standard InChI is InChI=1S/C24H27NO2/c1-17(2)27-16-18-7-11-21(12-8-18)23(15-25)24(26)14-19-9-10-20-5-3-4-6-22(20)13-19/h3-13,17,23H,14-16,25H2,1-2H3. The molecule has 27 heavy (non-hydrogen) atoms. The van der Waals surface area contributed by atoms with Gasteiger partial charge in [0.2, 0.25) is 0 Å². The highest BCUT2D eigenvalue weighted by Crippen LogP contribution is 2.21. The number of hydrogen-bond acceptors (Lipinski definition) is 3. The third kappa shape index (κ3) is 5.03. The van der Waals surface area contributed by atoms with Crippen molar-refractivity contribution in [3.05, 3.63) is 83.4 Å². The molecule has 0 aromatic heterocycles. The van der Waals surface area contributed by atoms with E-state index in [-0.39, 0.29) is 17.8 Å². The minimum atomic E-state index is -0.281. The molecule has 0 heterocycles. The van der Waals surface area contributed by atoms with Gasteiger partial charge in [0.05, 0.1) is 18.6 Å². The number of nitrogens with two attached hydrogens (primary N) is 1. The fraction of sp³-hybridized carbons (Fsp3) is 0.292. The predicted molar refractivity (Wildman–Crippen MR) is 111 cm³/mol. The van der Waals surface area contributed by atoms with Crippen LogP contribution in [0.3, 0.4) is 0 Å². The summed E-state index contributed by atoms with van der Waals surface area (Å²) in [5.41, 5.74) is 9.04. The lowest BCUT2D eigenvalue weighted by molar-refractivity contribution is -0.119. The normalized spacial score (nSPS) is 12.4. The summed E-state index contributed by atoms with van der Waals surface area (Å²) in [6.07, 6.45) is 0.593. The Kier molecular flexibility index (Phi) is 6.38. The van der Waals surface area contributed by atoms with Gasteiger partial charge in [-0.2, -0.15) is 0 Å². The molecule has 0 amide bonds. The average molecular weight is 361 g/mol. The Hall–Kier alpha value is -2.49. The van der Waals surface area contributed by atoms with Crippen LogP contribution in [0.15, 0.2) is 66.7 Å². The number of Topliss-reactive ketones (excluding diaryl/α,β-unsaturated/α-hetero) is 1. The Morgan fingerprint density at radius 3 is 2.26 bits per heavy atom. The SMILES string of the molecule is CC(C)OCc1ccc(C(CN)C(=O)Cc2ccc3ccccc3c2)cc1. The highest BCUT2D eigenvalue weighted by molar-refractivity contribution is 5.90. The summed E-state index contributed by atoms with van der Waals surface area (Å²) in [6, 6.07) is 22.4. The summed E-state index contributed by atoms with van der Waals surface area (Å²) < 4.78 is 5.62. The largest absolute Gasteiger partial charge is 0.374 e. The van der Waals surface area contributed by atoms with E-state index in [1.54, 1.807) is 0 Å². The summed E-state index contributed by atoms with van der Waals surface area (Å²) in [7, 11) is 0. The van der Waals surface area contributed by atoms with Gasteiger partial charge >= 0.3 is 0 Å². The number of ether oxygens (including phenoxy) is 1. The maximum Gasteiger partial charge on any atom is 0.145 e. The quantitative estimate of drug-likeness (QED) is 0.637. The number of carbonyl (C=O) groups excluding carboxylic acids is 1. The first kappa shape index (κ1) is 19.3. The zero-order valence-corrected chi connectivity index (χ0v) is 16.0. The summed E-state index contributed by atoms with van der Waals surface area (Å²) in [5, 5.41) is 2.34. The second-order valence-electron chi connectivity index (χ2n) is 7.21. The van der Waals surface area contributed by atoms with Crippen LogP contribution in [0.1, 0.15) is 36.5 Å². The van der Waals surface area contributed by atoms with Crippen LogP contribution < -0.4 is 5.73 Å². The van der Waals surface area contributed by atoms with Gasteiger partial charge in [-0.05, 0) is 41.3 Å². The fourth-order valence-electron chi connectivity index (χ4n) is 3.24. The highest BCUT2D eigenvalue weighted by atomic mass is 16.5. The predicted octanol–water partition coefficient (Wildman–Crippen LogP) is 4.62. The number of hydrogen-bond donors (Lipinski definition) is 1. The second-order valence-corrected chi connectivity index (χ2v) is 7.21. The molecule has 1 atom stereocenters. The van der Waals surface area contributed by atoms with Gasteiger partial charge in [0.1, 0.15) is 5.78 Å². The van der Waals surface area contributed by atoms with E-state index in [0.717, 1.165) is 22.1 Å². The van der Waals surface area contributed by atoms with Crippen molar-refractivity contribution in [1.29, 1.82) is 0 Å². The molecule has 0 bridgehead atoms. The van der Waals surface area contributed by atoms with Crippen molar-refractivity contribution in [2.75, 3.05) is 6.54 Å². The first-order valence-electron chi connectivity index (χ1n) is 9.47. The second kappa shape index (κ2) is 8.94. The zero-order chi connectivity index (χ0) is 19.2. The van der Waals surface area contributed by atoms with Gasteiger partial charge in [0.15, 0.2) is 0 Å². The van der Waals surface area contributed by atoms with E-state index in [0.29, 0.717) is 19.6 Å². The van der Waals surface area contributed by atoms with Crippen molar-refractivity contribution in [1.82, 2.24) is 0 Å². The Labute approximate surface area is 161 Å². The molecule has 0 saturated heterocycles. The van der Waals surface area contributed by atoms with E-state index in [1.807, 2.05) is 56.3 Å². The average Bonchev–Trinajstić information content (AvgIpc) is 2.68. The molecule has 0 aliphatic rings. The summed E-state index contributed by atoms with van der Waals surface area (Å²) >= 11 is 0. The summed E-state index contributed by atoms with van der Waals surface area (Å²) in [6.45, 7) is 4.93. The van der Waals surface area contributed by atoms with Crippen LogP contribution in [-0.4, -0.2) is 18.4 Å². The Balaban J connectivity index is 1.71. The maximum atomic E-state index is 12.9. The van der Waals surface area contributed by atoms with Gasteiger partial charge in [-0.1, -0.05) is 66.7 Å². The van der Waals surface area contributed by atoms with Crippen LogP contribution in [0.2, 0.25) is 0 Å². The zero-order valence-electron chi connectivity index (χ0n) is 16.0. The molecule has 1 unspecified atom stereocenters. The minimum Gasteiger partial charge on any atom is -0.374 e. The molecule has 140 valence electrons. The molecule has 3 heteroatoms. The lowest BCUT2D eigenvalue weighted by Crippen LogP contribution is -2.23. The van der Waals surface area contributed by atoms with E-state index in [1.165, 1.54) is 5.39 Å². The number of benzene rings is 3. The van der Waals surface area contributed by atoms with Gasteiger partial charge in [0, 0.05) is 13.0 Å². The molecule has 3 rings (SSSR count). The number of ketones is 1. The summed E-state index contributed by atoms with van der Waals surface area (Å²) in [5.74, 6) is -0.129. The van der Waals surface area contributed by atoms with E-state index in [9.17, 15) is 4.79 Å². The van der Waals surface area contributed by atoms with Gasteiger partial charge < -0.3 is 10.5 Å². The number of carbonyl (C=O) groups is 1. The van der Waals surface area contributed by atoms with Gasteiger partial charge in [-0.25, -0.2) is 0 Å². The van der Waals surface area contributed by atoms with Crippen molar-refractivity contribution >= 4 is 16.6 Å². The molecule has 0 radical (unpaired) electrons. The topological polar surface area (TPSA) is 52.3 Å². The molecule has 0 aliphatic heterocycles. The lowest BCUT2D eigenvalue weighted by Gasteiger charge is -2.15. The third-order valence-corrected chi connectivity index (χ3v) is 4.78. The van der Waals surface area contributed by atoms with Crippen molar-refractivity contribution in [2.45, 2.75) is 38.9 Å². The highest BCUT2D eigenvalue weighted by Gasteiger charge is 2.19. The first-order chi connectivity index (χ1) is 13.1. The number of fused-ring (bicyclic) bond motifs is 1. The van der Waals surface area contributed by atoms with Crippen LogP contribution in [0, 0.1) is 0 Å². The summed E-state index contributed by atoms with van der Waals surface area (Å²) in [4.78, 5) is 12.9. The smallest absolute Gasteiger partial charge is 0.145 e. The van der Waals surface area contributed by atoms with Crippen molar-refractivity contribution in [3.63, 3.8) is 0 Å². The fourth-order valence-corrected chi connectivity index (χ4v) is 3.24.